The Labute approximate surface area is 103 Å². The molecule has 0 amide bonds. The van der Waals surface area contributed by atoms with Gasteiger partial charge in [0.1, 0.15) is 0 Å². The van der Waals surface area contributed by atoms with Crippen molar-refractivity contribution in [3.05, 3.63) is 42.6 Å². The molecule has 0 aliphatic heterocycles. The van der Waals surface area contributed by atoms with E-state index in [2.05, 4.69) is 67.5 Å². The van der Waals surface area contributed by atoms with Crippen LogP contribution in [0.4, 0.5) is 0 Å². The maximum absolute atomic E-state index is 4.20. The molecule has 0 saturated carbocycles. The van der Waals surface area contributed by atoms with Crippen molar-refractivity contribution in [2.75, 3.05) is 20.6 Å². The maximum Gasteiger partial charge on any atom is 0.0527 e. The van der Waals surface area contributed by atoms with Crippen molar-refractivity contribution in [2.45, 2.75) is 13.3 Å². The minimum Gasteiger partial charge on any atom is -0.321 e. The fraction of sp³-hybridized carbons (Fsp3) is 0.333. The standard InChI is InChI=1S/C15H20N2/c1-12-11-17(13(2)9-10-16(3)4)15-8-6-5-7-14(12)15/h5-8,11H,2,9-10H2,1,3-4H3. The second-order valence-corrected chi connectivity index (χ2v) is 4.82. The molecule has 90 valence electrons. The van der Waals surface area contributed by atoms with E-state index in [1.807, 2.05) is 0 Å². The smallest absolute Gasteiger partial charge is 0.0527 e. The molecule has 0 radical (unpaired) electrons. The minimum atomic E-state index is 0.991. The molecule has 0 unspecified atom stereocenters. The summed E-state index contributed by atoms with van der Waals surface area (Å²) in [6.07, 6.45) is 3.17. The lowest BCUT2D eigenvalue weighted by Crippen LogP contribution is -2.14. The highest BCUT2D eigenvalue weighted by Crippen LogP contribution is 2.24. The van der Waals surface area contributed by atoms with Gasteiger partial charge >= 0.3 is 0 Å². The zero-order chi connectivity index (χ0) is 12.4. The van der Waals surface area contributed by atoms with Gasteiger partial charge in [-0.3, -0.25) is 0 Å². The van der Waals surface area contributed by atoms with E-state index >= 15 is 0 Å². The highest BCUT2D eigenvalue weighted by atomic mass is 15.1. The van der Waals surface area contributed by atoms with E-state index in [-0.39, 0.29) is 0 Å². The molecule has 0 aliphatic rings. The van der Waals surface area contributed by atoms with Gasteiger partial charge < -0.3 is 9.47 Å². The highest BCUT2D eigenvalue weighted by molar-refractivity contribution is 5.86. The normalized spacial score (nSPS) is 11.3. The van der Waals surface area contributed by atoms with Crippen LogP contribution in [0.15, 0.2) is 37.0 Å². The second kappa shape index (κ2) is 4.76. The number of hydrogen-bond donors (Lipinski definition) is 0. The minimum absolute atomic E-state index is 0.991. The van der Waals surface area contributed by atoms with Crippen LogP contribution in [0.25, 0.3) is 16.6 Å². The number of nitrogens with zero attached hydrogens (tertiary/aromatic N) is 2. The highest BCUT2D eigenvalue weighted by Gasteiger charge is 2.06. The van der Waals surface area contributed by atoms with Crippen LogP contribution in [-0.2, 0) is 0 Å². The molecule has 0 spiro atoms. The van der Waals surface area contributed by atoms with Gasteiger partial charge in [0.2, 0.25) is 0 Å². The molecule has 0 N–H and O–H groups in total. The van der Waals surface area contributed by atoms with Crippen molar-refractivity contribution in [3.8, 4) is 0 Å². The molecule has 0 aliphatic carbocycles. The number of aryl methyl sites for hydroxylation is 1. The zero-order valence-corrected chi connectivity index (χ0v) is 10.9. The van der Waals surface area contributed by atoms with Gasteiger partial charge in [-0.15, -0.1) is 0 Å². The molecule has 17 heavy (non-hydrogen) atoms. The first-order valence-electron chi connectivity index (χ1n) is 5.99. The van der Waals surface area contributed by atoms with Gasteiger partial charge in [-0.05, 0) is 32.6 Å². The van der Waals surface area contributed by atoms with Crippen molar-refractivity contribution in [1.29, 1.82) is 0 Å². The average molecular weight is 228 g/mol. The Morgan fingerprint density at radius 2 is 2.00 bits per heavy atom. The Kier molecular flexibility index (Phi) is 3.34. The summed E-state index contributed by atoms with van der Waals surface area (Å²) in [5.74, 6) is 0. The van der Waals surface area contributed by atoms with Gasteiger partial charge in [-0.2, -0.15) is 0 Å². The van der Waals surface area contributed by atoms with E-state index in [9.17, 15) is 0 Å². The van der Waals surface area contributed by atoms with Crippen LogP contribution in [0.2, 0.25) is 0 Å². The van der Waals surface area contributed by atoms with E-state index in [1.165, 1.54) is 16.5 Å². The molecular weight excluding hydrogens is 208 g/mol. The van der Waals surface area contributed by atoms with Crippen molar-refractivity contribution in [1.82, 2.24) is 9.47 Å². The molecule has 2 aromatic rings. The Morgan fingerprint density at radius 1 is 1.29 bits per heavy atom. The molecule has 0 bridgehead atoms. The molecule has 2 rings (SSSR count). The molecule has 0 fully saturated rings. The lowest BCUT2D eigenvalue weighted by atomic mass is 10.2. The maximum atomic E-state index is 4.20. The van der Waals surface area contributed by atoms with Crippen molar-refractivity contribution in [3.63, 3.8) is 0 Å². The van der Waals surface area contributed by atoms with Crippen LogP contribution in [-0.4, -0.2) is 30.1 Å². The summed E-state index contributed by atoms with van der Waals surface area (Å²) in [4.78, 5) is 2.18. The van der Waals surface area contributed by atoms with E-state index < -0.39 is 0 Å². The molecule has 1 aromatic carbocycles. The summed E-state index contributed by atoms with van der Waals surface area (Å²) in [7, 11) is 4.18. The lowest BCUT2D eigenvalue weighted by molar-refractivity contribution is 0.417. The number of benzene rings is 1. The molecular formula is C15H20N2. The Hall–Kier alpha value is -1.54. The first kappa shape index (κ1) is 11.9. The van der Waals surface area contributed by atoms with Gasteiger partial charge in [-0.25, -0.2) is 0 Å². The van der Waals surface area contributed by atoms with E-state index in [0.29, 0.717) is 0 Å². The van der Waals surface area contributed by atoms with Crippen LogP contribution in [0.1, 0.15) is 12.0 Å². The summed E-state index contributed by atoms with van der Waals surface area (Å²) < 4.78 is 2.22. The third-order valence-corrected chi connectivity index (χ3v) is 3.10. The first-order valence-corrected chi connectivity index (χ1v) is 5.99. The molecule has 1 aromatic heterocycles. The number of hydrogen-bond acceptors (Lipinski definition) is 1. The SMILES string of the molecule is C=C(CCN(C)C)n1cc(C)c2ccccc21. The van der Waals surface area contributed by atoms with Crippen LogP contribution in [0.5, 0.6) is 0 Å². The van der Waals surface area contributed by atoms with Crippen LogP contribution in [0.3, 0.4) is 0 Å². The van der Waals surface area contributed by atoms with Crippen LogP contribution in [0, 0.1) is 6.92 Å². The summed E-state index contributed by atoms with van der Waals surface area (Å²) in [5, 5.41) is 1.32. The summed E-state index contributed by atoms with van der Waals surface area (Å²) in [5.41, 5.74) is 3.73. The van der Waals surface area contributed by atoms with E-state index in [1.54, 1.807) is 0 Å². The number of fused-ring (bicyclic) bond motifs is 1. The predicted molar refractivity (Wildman–Crippen MR) is 75.2 cm³/mol. The summed E-state index contributed by atoms with van der Waals surface area (Å²) >= 11 is 0. The Morgan fingerprint density at radius 3 is 2.71 bits per heavy atom. The van der Waals surface area contributed by atoms with Crippen molar-refractivity contribution < 1.29 is 0 Å². The second-order valence-electron chi connectivity index (χ2n) is 4.82. The first-order chi connectivity index (χ1) is 8.09. The van der Waals surface area contributed by atoms with E-state index in [4.69, 9.17) is 0 Å². The Bertz CT molecular complexity index is 535. The number of para-hydroxylation sites is 1. The molecule has 0 saturated heterocycles. The fourth-order valence-electron chi connectivity index (χ4n) is 2.08. The quantitative estimate of drug-likeness (QED) is 0.779. The largest absolute Gasteiger partial charge is 0.321 e. The molecule has 2 heteroatoms. The summed E-state index contributed by atoms with van der Waals surface area (Å²) in [6, 6.07) is 8.49. The topological polar surface area (TPSA) is 8.17 Å². The van der Waals surface area contributed by atoms with Gasteiger partial charge in [0.25, 0.3) is 0 Å². The van der Waals surface area contributed by atoms with Crippen molar-refractivity contribution in [2.24, 2.45) is 0 Å². The third kappa shape index (κ3) is 2.42. The number of aromatic nitrogens is 1. The van der Waals surface area contributed by atoms with Gasteiger partial charge in [-0.1, -0.05) is 24.8 Å². The molecule has 0 atom stereocenters. The number of rotatable bonds is 4. The van der Waals surface area contributed by atoms with Crippen LogP contribution >= 0.6 is 0 Å². The average Bonchev–Trinajstić information content (AvgIpc) is 2.65. The van der Waals surface area contributed by atoms with Crippen molar-refractivity contribution >= 4 is 16.6 Å². The predicted octanol–water partition coefficient (Wildman–Crippen LogP) is 3.37. The van der Waals surface area contributed by atoms with E-state index in [0.717, 1.165) is 18.7 Å². The van der Waals surface area contributed by atoms with Crippen LogP contribution < -0.4 is 0 Å². The summed E-state index contributed by atoms with van der Waals surface area (Å²) in [6.45, 7) is 7.38. The monoisotopic (exact) mass is 228 g/mol. The Balaban J connectivity index is 2.32. The zero-order valence-electron chi connectivity index (χ0n) is 10.9. The molecule has 1 heterocycles. The van der Waals surface area contributed by atoms with Gasteiger partial charge in [0.05, 0.1) is 5.52 Å². The van der Waals surface area contributed by atoms with Gasteiger partial charge in [0.15, 0.2) is 0 Å². The lowest BCUT2D eigenvalue weighted by Gasteiger charge is -2.13. The third-order valence-electron chi connectivity index (χ3n) is 3.10. The molecule has 2 nitrogen and oxygen atoms in total. The fourth-order valence-corrected chi connectivity index (χ4v) is 2.08. The van der Waals surface area contributed by atoms with Gasteiger partial charge in [0, 0.05) is 30.2 Å².